The second-order valence-electron chi connectivity index (χ2n) is 7.84. The number of piperidine rings is 1. The van der Waals surface area contributed by atoms with Gasteiger partial charge in [0.1, 0.15) is 9.84 Å². The van der Waals surface area contributed by atoms with E-state index in [0.29, 0.717) is 25.6 Å². The molecule has 3 N–H and O–H groups in total. The SMILES string of the molecule is CCNC(=NCC(C)(C)NS(C)(=O)=O)NC1CCN(CCS(C)(=O)=O)CC1.I. The Morgan fingerprint density at radius 1 is 1.14 bits per heavy atom. The van der Waals surface area contributed by atoms with Crippen molar-refractivity contribution < 1.29 is 16.8 Å². The van der Waals surface area contributed by atoms with Gasteiger partial charge in [-0.15, -0.1) is 24.0 Å². The average Bonchev–Trinajstić information content (AvgIpc) is 2.49. The number of halogens is 1. The molecule has 0 aromatic carbocycles. The Morgan fingerprint density at radius 3 is 2.18 bits per heavy atom. The van der Waals surface area contributed by atoms with Gasteiger partial charge in [0.05, 0.1) is 18.6 Å². The number of rotatable bonds is 9. The molecule has 0 atom stereocenters. The Hall–Kier alpha value is -0.180. The van der Waals surface area contributed by atoms with E-state index in [9.17, 15) is 16.8 Å². The fourth-order valence-electron chi connectivity index (χ4n) is 2.92. The largest absolute Gasteiger partial charge is 0.357 e. The monoisotopic (exact) mass is 553 g/mol. The first-order chi connectivity index (χ1) is 12.3. The number of aliphatic imine (C=N–C) groups is 1. The lowest BCUT2D eigenvalue weighted by Gasteiger charge is -2.33. The van der Waals surface area contributed by atoms with Crippen LogP contribution in [0.4, 0.5) is 0 Å². The van der Waals surface area contributed by atoms with Gasteiger partial charge >= 0.3 is 0 Å². The van der Waals surface area contributed by atoms with Crippen LogP contribution >= 0.6 is 24.0 Å². The molecule has 0 radical (unpaired) electrons. The highest BCUT2D eigenvalue weighted by molar-refractivity contribution is 14.0. The van der Waals surface area contributed by atoms with Crippen LogP contribution in [0.2, 0.25) is 0 Å². The van der Waals surface area contributed by atoms with Crippen molar-refractivity contribution in [2.45, 2.75) is 45.2 Å². The molecule has 0 aromatic heterocycles. The summed E-state index contributed by atoms with van der Waals surface area (Å²) in [5, 5.41) is 6.59. The lowest BCUT2D eigenvalue weighted by atomic mass is 10.1. The van der Waals surface area contributed by atoms with Gasteiger partial charge in [0.25, 0.3) is 0 Å². The number of nitrogens with zero attached hydrogens (tertiary/aromatic N) is 2. The molecule has 0 bridgehead atoms. The highest BCUT2D eigenvalue weighted by Crippen LogP contribution is 2.11. The van der Waals surface area contributed by atoms with E-state index in [0.717, 1.165) is 32.2 Å². The number of guanidine groups is 1. The standard InChI is InChI=1S/C16H35N5O4S2.HI/c1-6-17-15(18-13-16(2,3)20-27(5,24)25)19-14-7-9-21(10-8-14)11-12-26(4,22)23;/h14,20H,6-13H2,1-5H3,(H2,17,18,19);1H. The van der Waals surface area contributed by atoms with Crippen LogP contribution in [-0.4, -0.2) is 90.3 Å². The maximum absolute atomic E-state index is 11.4. The first-order valence-electron chi connectivity index (χ1n) is 9.23. The fraction of sp³-hybridized carbons (Fsp3) is 0.938. The molecule has 12 heteroatoms. The van der Waals surface area contributed by atoms with Gasteiger partial charge in [0, 0.05) is 44.0 Å². The molecule has 1 aliphatic rings. The summed E-state index contributed by atoms with van der Waals surface area (Å²) in [6.45, 7) is 8.84. The molecule has 28 heavy (non-hydrogen) atoms. The summed E-state index contributed by atoms with van der Waals surface area (Å²) >= 11 is 0. The molecule has 9 nitrogen and oxygen atoms in total. The Labute approximate surface area is 187 Å². The Morgan fingerprint density at radius 2 is 1.71 bits per heavy atom. The second-order valence-corrected chi connectivity index (χ2v) is 11.9. The first kappa shape index (κ1) is 27.8. The van der Waals surface area contributed by atoms with E-state index in [1.807, 2.05) is 6.92 Å². The van der Waals surface area contributed by atoms with E-state index in [1.165, 1.54) is 6.26 Å². The number of hydrogen-bond acceptors (Lipinski definition) is 6. The minimum Gasteiger partial charge on any atom is -0.357 e. The van der Waals surface area contributed by atoms with Gasteiger partial charge in [0.2, 0.25) is 10.0 Å². The quantitative estimate of drug-likeness (QED) is 0.209. The second kappa shape index (κ2) is 11.9. The minimum atomic E-state index is -3.30. The highest BCUT2D eigenvalue weighted by atomic mass is 127. The molecule has 0 amide bonds. The minimum absolute atomic E-state index is 0. The molecule has 0 aromatic rings. The van der Waals surface area contributed by atoms with Gasteiger partial charge in [-0.25, -0.2) is 21.6 Å². The zero-order valence-electron chi connectivity index (χ0n) is 17.5. The van der Waals surface area contributed by atoms with E-state index in [1.54, 1.807) is 13.8 Å². The van der Waals surface area contributed by atoms with Gasteiger partial charge in [0.15, 0.2) is 5.96 Å². The molecule has 1 aliphatic heterocycles. The van der Waals surface area contributed by atoms with Crippen molar-refractivity contribution in [2.24, 2.45) is 4.99 Å². The van der Waals surface area contributed by atoms with Crippen molar-refractivity contribution in [1.29, 1.82) is 0 Å². The van der Waals surface area contributed by atoms with Gasteiger partial charge in [-0.1, -0.05) is 0 Å². The summed E-state index contributed by atoms with van der Waals surface area (Å²) in [4.78, 5) is 6.69. The number of nitrogens with one attached hydrogen (secondary N) is 3. The summed E-state index contributed by atoms with van der Waals surface area (Å²) in [5.74, 6) is 0.855. The zero-order chi connectivity index (χ0) is 20.7. The fourth-order valence-corrected chi connectivity index (χ4v) is 4.58. The normalized spacial score (nSPS) is 17.8. The molecule has 1 rings (SSSR count). The van der Waals surface area contributed by atoms with Crippen molar-refractivity contribution in [3.8, 4) is 0 Å². The van der Waals surface area contributed by atoms with E-state index < -0.39 is 25.4 Å². The van der Waals surface area contributed by atoms with Gasteiger partial charge in [-0.05, 0) is 33.6 Å². The first-order valence-corrected chi connectivity index (χ1v) is 13.2. The third-order valence-electron chi connectivity index (χ3n) is 4.15. The summed E-state index contributed by atoms with van der Waals surface area (Å²) in [7, 11) is -6.23. The van der Waals surface area contributed by atoms with E-state index in [2.05, 4.69) is 25.2 Å². The third kappa shape index (κ3) is 13.1. The van der Waals surface area contributed by atoms with Crippen LogP contribution in [0.5, 0.6) is 0 Å². The van der Waals surface area contributed by atoms with Crippen LogP contribution < -0.4 is 15.4 Å². The van der Waals surface area contributed by atoms with Crippen LogP contribution in [0.25, 0.3) is 0 Å². The smallest absolute Gasteiger partial charge is 0.209 e. The van der Waals surface area contributed by atoms with Crippen LogP contribution in [0.1, 0.15) is 33.6 Å². The molecule has 168 valence electrons. The predicted molar refractivity (Wildman–Crippen MR) is 126 cm³/mol. The lowest BCUT2D eigenvalue weighted by Crippen LogP contribution is -2.50. The summed E-state index contributed by atoms with van der Waals surface area (Å²) in [6.07, 6.45) is 4.21. The molecule has 0 aliphatic carbocycles. The summed E-state index contributed by atoms with van der Waals surface area (Å²) < 4.78 is 48.1. The molecule has 1 saturated heterocycles. The van der Waals surface area contributed by atoms with Crippen molar-refractivity contribution >= 4 is 49.8 Å². The number of sulfonamides is 1. The zero-order valence-corrected chi connectivity index (χ0v) is 21.4. The van der Waals surface area contributed by atoms with Gasteiger partial charge in [-0.3, -0.25) is 4.99 Å². The maximum atomic E-state index is 11.4. The molecule has 0 saturated carbocycles. The van der Waals surface area contributed by atoms with Crippen LogP contribution in [0.15, 0.2) is 4.99 Å². The van der Waals surface area contributed by atoms with Crippen molar-refractivity contribution in [3.63, 3.8) is 0 Å². The van der Waals surface area contributed by atoms with Gasteiger partial charge < -0.3 is 15.5 Å². The number of likely N-dealkylation sites (tertiary alicyclic amines) is 1. The van der Waals surface area contributed by atoms with E-state index in [4.69, 9.17) is 0 Å². The van der Waals surface area contributed by atoms with Crippen molar-refractivity contribution in [2.75, 3.05) is 51.0 Å². The molecule has 0 unspecified atom stereocenters. The van der Waals surface area contributed by atoms with Crippen LogP contribution in [0, 0.1) is 0 Å². The average molecular weight is 554 g/mol. The van der Waals surface area contributed by atoms with Crippen molar-refractivity contribution in [1.82, 2.24) is 20.3 Å². The summed E-state index contributed by atoms with van der Waals surface area (Å²) in [5.41, 5.74) is -0.676. The predicted octanol–water partition coefficient (Wildman–Crippen LogP) is -0.00370. The third-order valence-corrected chi connectivity index (χ3v) is 5.99. The number of hydrogen-bond donors (Lipinski definition) is 3. The number of sulfone groups is 1. The van der Waals surface area contributed by atoms with Crippen LogP contribution in [0.3, 0.4) is 0 Å². The Kier molecular flexibility index (Phi) is 11.8. The van der Waals surface area contributed by atoms with E-state index >= 15 is 0 Å². The molecule has 1 fully saturated rings. The molecule has 1 heterocycles. The topological polar surface area (TPSA) is 120 Å². The maximum Gasteiger partial charge on any atom is 0.209 e. The van der Waals surface area contributed by atoms with Crippen LogP contribution in [-0.2, 0) is 19.9 Å². The Bertz CT molecular complexity index is 703. The lowest BCUT2D eigenvalue weighted by molar-refractivity contribution is 0.216. The molecular weight excluding hydrogens is 517 g/mol. The Balaban J connectivity index is 0.00000729. The summed E-state index contributed by atoms with van der Waals surface area (Å²) in [6, 6.07) is 0.253. The van der Waals surface area contributed by atoms with Crippen molar-refractivity contribution in [3.05, 3.63) is 0 Å². The highest BCUT2D eigenvalue weighted by Gasteiger charge is 2.23. The molecule has 0 spiro atoms. The van der Waals surface area contributed by atoms with E-state index in [-0.39, 0.29) is 35.8 Å². The molecular formula is C16H36IN5O4S2. The van der Waals surface area contributed by atoms with Gasteiger partial charge in [-0.2, -0.15) is 0 Å².